The summed E-state index contributed by atoms with van der Waals surface area (Å²) in [5.41, 5.74) is 7.09. The zero-order chi connectivity index (χ0) is 42.3. The summed E-state index contributed by atoms with van der Waals surface area (Å²) in [4.78, 5) is 69.8. The molecule has 3 atom stereocenters. The summed E-state index contributed by atoms with van der Waals surface area (Å²) in [6.07, 6.45) is 2.81. The maximum atomic E-state index is 13.6. The predicted octanol–water partition coefficient (Wildman–Crippen LogP) is 7.85. The largest absolute Gasteiger partial charge is 0.453 e. The molecule has 1 saturated carbocycles. The lowest BCUT2D eigenvalue weighted by Gasteiger charge is -2.42. The molecule has 8 rings (SSSR count). The van der Waals surface area contributed by atoms with E-state index in [9.17, 15) is 19.2 Å². The summed E-state index contributed by atoms with van der Waals surface area (Å²) in [6.45, 7) is 8.18. The monoisotopic (exact) mass is 812 g/mol. The number of ether oxygens (including phenoxy) is 2. The molecule has 4 aromatic carbocycles. The number of hydrogen-bond donors (Lipinski definition) is 5. The van der Waals surface area contributed by atoms with Gasteiger partial charge in [0.05, 0.1) is 47.9 Å². The van der Waals surface area contributed by atoms with E-state index in [0.29, 0.717) is 6.54 Å². The van der Waals surface area contributed by atoms with E-state index in [4.69, 9.17) is 19.4 Å². The first-order chi connectivity index (χ1) is 28.9. The second-order valence-corrected chi connectivity index (χ2v) is 16.7. The molecule has 14 nitrogen and oxygen atoms in total. The minimum atomic E-state index is -0.738. The summed E-state index contributed by atoms with van der Waals surface area (Å²) in [6, 6.07) is 23.5. The van der Waals surface area contributed by atoms with Crippen LogP contribution < -0.4 is 16.0 Å². The number of amides is 4. The van der Waals surface area contributed by atoms with Crippen molar-refractivity contribution in [1.82, 2.24) is 40.8 Å². The van der Waals surface area contributed by atoms with Gasteiger partial charge < -0.3 is 40.3 Å². The van der Waals surface area contributed by atoms with Crippen molar-refractivity contribution in [3.63, 3.8) is 0 Å². The number of hydrogen-bond acceptors (Lipinski definition) is 8. The number of imidazole rings is 2. The molecule has 0 unspecified atom stereocenters. The quantitative estimate of drug-likeness (QED) is 0.0876. The Morgan fingerprint density at radius 2 is 1.35 bits per heavy atom. The summed E-state index contributed by atoms with van der Waals surface area (Å²) in [7, 11) is 2.58. The van der Waals surface area contributed by atoms with Gasteiger partial charge in [0.2, 0.25) is 11.8 Å². The lowest BCUT2D eigenvalue weighted by atomic mass is 9.75. The number of fused-ring (bicyclic) bond motifs is 4. The number of carbonyl (C=O) groups excluding carboxylic acids is 4. The van der Waals surface area contributed by atoms with Gasteiger partial charge >= 0.3 is 12.2 Å². The highest BCUT2D eigenvalue weighted by molar-refractivity contribution is 6.05. The normalized spacial score (nSPS) is 17.1. The lowest BCUT2D eigenvalue weighted by molar-refractivity contribution is -0.135. The molecule has 0 spiro atoms. The van der Waals surface area contributed by atoms with Crippen molar-refractivity contribution in [3.05, 3.63) is 84.4 Å². The predicted molar refractivity (Wildman–Crippen MR) is 230 cm³/mol. The van der Waals surface area contributed by atoms with Crippen molar-refractivity contribution in [2.45, 2.75) is 83.5 Å². The van der Waals surface area contributed by atoms with E-state index in [2.05, 4.69) is 86.6 Å². The fourth-order valence-electron chi connectivity index (χ4n) is 8.62. The molecule has 1 aliphatic carbocycles. The highest BCUT2D eigenvalue weighted by Gasteiger charge is 2.44. The number of carbonyl (C=O) groups is 4. The third kappa shape index (κ3) is 7.62. The molecule has 4 amide bonds. The Bertz CT molecular complexity index is 2590. The van der Waals surface area contributed by atoms with Gasteiger partial charge in [0.15, 0.2) is 0 Å². The summed E-state index contributed by atoms with van der Waals surface area (Å²) >= 11 is 0. The number of likely N-dealkylation sites (tertiary alicyclic amines) is 1. The SMILES string of the molecule is COC(=O)N[C@H](C(=O)NC1(c2nc3ccc4cc(-c5ccc(-c6ccc7nc([C@@H]8CCCN8C(=O)[C@@H](NC(=O)OC)C(C)C)[nH]c7c6)cc5)ccc4c3[nH]2)CCC1)C(C)C. The molecule has 1 aliphatic heterocycles. The van der Waals surface area contributed by atoms with E-state index >= 15 is 0 Å². The lowest BCUT2D eigenvalue weighted by Crippen LogP contribution is -2.58. The van der Waals surface area contributed by atoms with E-state index in [1.54, 1.807) is 0 Å². The first-order valence-electron chi connectivity index (χ1n) is 20.7. The topological polar surface area (TPSA) is 183 Å². The summed E-state index contributed by atoms with van der Waals surface area (Å²) in [5.74, 6) is 0.813. The molecule has 3 heterocycles. The van der Waals surface area contributed by atoms with Crippen LogP contribution in [0, 0.1) is 11.8 Å². The number of aromatic nitrogens is 4. The number of methoxy groups -OCH3 is 2. The third-order valence-corrected chi connectivity index (χ3v) is 12.2. The van der Waals surface area contributed by atoms with Gasteiger partial charge in [-0.3, -0.25) is 9.59 Å². The van der Waals surface area contributed by atoms with Crippen molar-refractivity contribution in [3.8, 4) is 22.3 Å². The Labute approximate surface area is 348 Å². The summed E-state index contributed by atoms with van der Waals surface area (Å²) < 4.78 is 9.54. The van der Waals surface area contributed by atoms with Gasteiger partial charge in [-0.2, -0.15) is 0 Å². The van der Waals surface area contributed by atoms with Gasteiger partial charge in [-0.05, 0) is 95.8 Å². The fourth-order valence-corrected chi connectivity index (χ4v) is 8.62. The van der Waals surface area contributed by atoms with Crippen molar-refractivity contribution in [1.29, 1.82) is 0 Å². The smallest absolute Gasteiger partial charge is 0.407 e. The highest BCUT2D eigenvalue weighted by Crippen LogP contribution is 2.42. The fraction of sp³-hybridized carbons (Fsp3) is 0.391. The molecule has 60 heavy (non-hydrogen) atoms. The van der Waals surface area contributed by atoms with E-state index in [1.807, 2.05) is 44.7 Å². The van der Waals surface area contributed by atoms with Gasteiger partial charge in [0.25, 0.3) is 0 Å². The molecule has 14 heteroatoms. The maximum absolute atomic E-state index is 13.6. The Hall–Kier alpha value is -6.44. The number of aromatic amines is 2. The second kappa shape index (κ2) is 16.3. The minimum Gasteiger partial charge on any atom is -0.453 e. The van der Waals surface area contributed by atoms with Crippen molar-refractivity contribution in [2.24, 2.45) is 11.8 Å². The van der Waals surface area contributed by atoms with Crippen LogP contribution in [0.5, 0.6) is 0 Å². The Kier molecular flexibility index (Phi) is 11.0. The Morgan fingerprint density at radius 3 is 1.98 bits per heavy atom. The van der Waals surface area contributed by atoms with Crippen LogP contribution in [0.1, 0.15) is 77.5 Å². The van der Waals surface area contributed by atoms with Crippen LogP contribution in [0.15, 0.2) is 72.8 Å². The zero-order valence-electron chi connectivity index (χ0n) is 34.8. The van der Waals surface area contributed by atoms with Gasteiger partial charge in [-0.1, -0.05) is 76.2 Å². The standard InChI is InChI=1S/C46H52N8O6/c1-25(2)37(51-44(57)59-5)41(55)53-46(20-8-21-46)43-49-34-19-16-31-23-29(14-17-32(31)39(34)50-43)27-10-12-28(13-11-27)30-15-18-33-35(24-30)48-40(47-33)36-9-7-22-54(36)42(56)38(26(3)4)52-45(58)60-6/h10-19,23-26,36-38H,7-9,20-22H2,1-6H3,(H,47,48)(H,49,50)(H,51,57)(H,52,58)(H,53,55)/t36-,37-,38-/m0/s1. The van der Waals surface area contributed by atoms with Gasteiger partial charge in [0.1, 0.15) is 23.7 Å². The highest BCUT2D eigenvalue weighted by atomic mass is 16.5. The van der Waals surface area contributed by atoms with E-state index in [0.717, 1.165) is 98.8 Å². The van der Waals surface area contributed by atoms with Gasteiger partial charge in [-0.15, -0.1) is 0 Å². The zero-order valence-corrected chi connectivity index (χ0v) is 34.8. The molecule has 1 saturated heterocycles. The molecule has 2 fully saturated rings. The van der Waals surface area contributed by atoms with Gasteiger partial charge in [-0.25, -0.2) is 19.6 Å². The van der Waals surface area contributed by atoms with Crippen LogP contribution in [0.2, 0.25) is 0 Å². The number of H-pyrrole nitrogens is 2. The molecular formula is C46H52N8O6. The molecular weight excluding hydrogens is 761 g/mol. The van der Waals surface area contributed by atoms with Gasteiger partial charge in [0, 0.05) is 11.9 Å². The summed E-state index contributed by atoms with van der Waals surface area (Å²) in [5, 5.41) is 10.7. The maximum Gasteiger partial charge on any atom is 0.407 e. The third-order valence-electron chi connectivity index (χ3n) is 12.2. The van der Waals surface area contributed by atoms with Crippen molar-refractivity contribution < 1.29 is 28.7 Å². The molecule has 0 bridgehead atoms. The van der Waals surface area contributed by atoms with Crippen LogP contribution in [-0.2, 0) is 24.6 Å². The first kappa shape index (κ1) is 40.3. The van der Waals surface area contributed by atoms with E-state index in [-0.39, 0.29) is 29.7 Å². The van der Waals surface area contributed by atoms with E-state index in [1.165, 1.54) is 14.2 Å². The van der Waals surface area contributed by atoms with Crippen LogP contribution in [0.3, 0.4) is 0 Å². The minimum absolute atomic E-state index is 0.108. The van der Waals surface area contributed by atoms with Crippen LogP contribution >= 0.6 is 0 Å². The molecule has 5 N–H and O–H groups in total. The van der Waals surface area contributed by atoms with Crippen LogP contribution in [0.25, 0.3) is 55.1 Å². The average Bonchev–Trinajstić information content (AvgIpc) is 4.01. The number of rotatable bonds is 11. The van der Waals surface area contributed by atoms with Crippen LogP contribution in [0.4, 0.5) is 9.59 Å². The molecule has 312 valence electrons. The average molecular weight is 813 g/mol. The molecule has 0 radical (unpaired) electrons. The molecule has 2 aromatic heterocycles. The van der Waals surface area contributed by atoms with Crippen LogP contribution in [-0.4, -0.2) is 81.7 Å². The number of nitrogens with one attached hydrogen (secondary N) is 5. The second-order valence-electron chi connectivity index (χ2n) is 16.7. The number of benzene rings is 4. The Morgan fingerprint density at radius 1 is 0.733 bits per heavy atom. The Balaban J connectivity index is 0.993. The molecule has 6 aromatic rings. The number of nitrogens with zero attached hydrogens (tertiary/aromatic N) is 3. The van der Waals surface area contributed by atoms with Crippen molar-refractivity contribution >= 4 is 56.8 Å². The van der Waals surface area contributed by atoms with E-state index < -0.39 is 29.8 Å². The molecule has 2 aliphatic rings. The number of alkyl carbamates (subject to hydrolysis) is 2. The first-order valence-corrected chi connectivity index (χ1v) is 20.7. The van der Waals surface area contributed by atoms with Crippen molar-refractivity contribution in [2.75, 3.05) is 20.8 Å².